The fraction of sp³-hybridized carbons (Fsp3) is 0. The summed E-state index contributed by atoms with van der Waals surface area (Å²) in [7, 11) is 0. The molecule has 1 aliphatic carbocycles. The van der Waals surface area contributed by atoms with Crippen molar-refractivity contribution in [2.75, 3.05) is 0 Å². The lowest BCUT2D eigenvalue weighted by molar-refractivity contribution is 1.09. The quantitative estimate of drug-likeness (QED) is 0.199. The van der Waals surface area contributed by atoms with Crippen LogP contribution in [0.25, 0.3) is 99.5 Å². The molecule has 4 nitrogen and oxygen atoms in total. The summed E-state index contributed by atoms with van der Waals surface area (Å²) in [4.78, 5) is 10.1. The average Bonchev–Trinajstić information content (AvgIpc) is 3.78. The maximum atomic E-state index is 5.32. The fourth-order valence-corrected chi connectivity index (χ4v) is 8.03. The maximum absolute atomic E-state index is 5.32. The van der Waals surface area contributed by atoms with Gasteiger partial charge in [-0.05, 0) is 82.7 Å². The van der Waals surface area contributed by atoms with Gasteiger partial charge in [-0.3, -0.25) is 9.55 Å². The Morgan fingerprint density at radius 2 is 1.04 bits per heavy atom. The summed E-state index contributed by atoms with van der Waals surface area (Å²) >= 11 is 0. The van der Waals surface area contributed by atoms with Gasteiger partial charge in [0.15, 0.2) is 0 Å². The molecule has 222 valence electrons. The highest BCUT2D eigenvalue weighted by Gasteiger charge is 2.25. The zero-order chi connectivity index (χ0) is 31.3. The van der Waals surface area contributed by atoms with Gasteiger partial charge in [-0.25, -0.2) is 4.98 Å². The highest BCUT2D eigenvalue weighted by molar-refractivity contribution is 6.15. The van der Waals surface area contributed by atoms with Gasteiger partial charge in [0.2, 0.25) is 0 Å². The van der Waals surface area contributed by atoms with Crippen molar-refractivity contribution in [2.45, 2.75) is 0 Å². The van der Waals surface area contributed by atoms with E-state index in [9.17, 15) is 0 Å². The average molecular weight is 611 g/mol. The molecule has 4 heteroatoms. The Labute approximate surface area is 275 Å². The zero-order valence-corrected chi connectivity index (χ0v) is 25.8. The van der Waals surface area contributed by atoms with Gasteiger partial charge in [0.1, 0.15) is 11.5 Å². The first-order valence-electron chi connectivity index (χ1n) is 16.3. The molecule has 0 saturated heterocycles. The molecule has 0 amide bonds. The van der Waals surface area contributed by atoms with Gasteiger partial charge in [-0.1, -0.05) is 91.0 Å². The number of benzene rings is 6. The van der Waals surface area contributed by atoms with Crippen LogP contribution >= 0.6 is 0 Å². The van der Waals surface area contributed by atoms with Crippen LogP contribution in [0.3, 0.4) is 0 Å². The second kappa shape index (κ2) is 9.50. The molecule has 6 aromatic carbocycles. The molecule has 0 atom stereocenters. The number of para-hydroxylation sites is 3. The summed E-state index contributed by atoms with van der Waals surface area (Å²) in [6.45, 7) is 0. The molecule has 0 aliphatic heterocycles. The Morgan fingerprint density at radius 3 is 1.79 bits per heavy atom. The number of pyridine rings is 2. The van der Waals surface area contributed by atoms with E-state index < -0.39 is 0 Å². The van der Waals surface area contributed by atoms with E-state index in [2.05, 4.69) is 155 Å². The van der Waals surface area contributed by atoms with Crippen molar-refractivity contribution in [3.8, 4) is 45.1 Å². The topological polar surface area (TPSA) is 35.6 Å². The lowest BCUT2D eigenvalue weighted by Gasteiger charge is -2.11. The molecule has 0 unspecified atom stereocenters. The van der Waals surface area contributed by atoms with Crippen molar-refractivity contribution < 1.29 is 0 Å². The monoisotopic (exact) mass is 610 g/mol. The molecular formula is C44H26N4. The Morgan fingerprint density at radius 1 is 0.417 bits per heavy atom. The predicted molar refractivity (Wildman–Crippen MR) is 198 cm³/mol. The molecular weight excluding hydrogens is 585 g/mol. The Balaban J connectivity index is 1.12. The largest absolute Gasteiger partial charge is 0.309 e. The minimum Gasteiger partial charge on any atom is -0.309 e. The first kappa shape index (κ1) is 25.6. The Hall–Kier alpha value is -6.52. The molecule has 10 aromatic rings. The summed E-state index contributed by atoms with van der Waals surface area (Å²) in [5.41, 5.74) is 12.5. The molecule has 1 aliphatic rings. The van der Waals surface area contributed by atoms with Crippen molar-refractivity contribution in [3.63, 3.8) is 0 Å². The van der Waals surface area contributed by atoms with Crippen molar-refractivity contribution >= 4 is 54.4 Å². The zero-order valence-electron chi connectivity index (χ0n) is 25.8. The molecule has 0 spiro atoms. The number of rotatable bonds is 3. The van der Waals surface area contributed by atoms with Gasteiger partial charge in [0.05, 0.1) is 27.8 Å². The van der Waals surface area contributed by atoms with Crippen LogP contribution in [0.2, 0.25) is 0 Å². The summed E-state index contributed by atoms with van der Waals surface area (Å²) in [5, 5.41) is 7.28. The molecule has 11 rings (SSSR count). The van der Waals surface area contributed by atoms with Crippen LogP contribution in [-0.4, -0.2) is 19.1 Å². The number of aromatic nitrogens is 4. The van der Waals surface area contributed by atoms with E-state index in [0.29, 0.717) is 0 Å². The van der Waals surface area contributed by atoms with E-state index >= 15 is 0 Å². The number of fused-ring (bicyclic) bond motifs is 9. The van der Waals surface area contributed by atoms with Crippen LogP contribution in [0.1, 0.15) is 0 Å². The smallest absolute Gasteiger partial charge is 0.139 e. The SMILES string of the molecule is c1ccc(-n2c3ccccc3c3cc(-c4ccc5c(c4)c4ccccc4n5-c4cc5cccc6c5c(n4)-c4ncccc4-6)ccc32)cc1. The highest BCUT2D eigenvalue weighted by Crippen LogP contribution is 2.46. The Bertz CT molecular complexity index is 2950. The van der Waals surface area contributed by atoms with E-state index in [0.717, 1.165) is 33.8 Å². The van der Waals surface area contributed by atoms with Gasteiger partial charge in [-0.15, -0.1) is 0 Å². The molecule has 0 saturated carbocycles. The van der Waals surface area contributed by atoms with Crippen LogP contribution in [0, 0.1) is 0 Å². The van der Waals surface area contributed by atoms with Crippen LogP contribution in [0.5, 0.6) is 0 Å². The molecule has 0 N–H and O–H groups in total. The predicted octanol–water partition coefficient (Wildman–Crippen LogP) is 11.1. The van der Waals surface area contributed by atoms with Crippen molar-refractivity contribution in [1.82, 2.24) is 19.1 Å². The second-order valence-electron chi connectivity index (χ2n) is 12.6. The molecule has 0 bridgehead atoms. The Kier molecular flexibility index (Phi) is 5.08. The van der Waals surface area contributed by atoms with Gasteiger partial charge < -0.3 is 4.57 Å². The number of hydrogen-bond acceptors (Lipinski definition) is 2. The molecule has 0 fully saturated rings. The first-order valence-corrected chi connectivity index (χ1v) is 16.3. The van der Waals surface area contributed by atoms with Gasteiger partial charge in [-0.2, -0.15) is 0 Å². The lowest BCUT2D eigenvalue weighted by Crippen LogP contribution is -1.99. The van der Waals surface area contributed by atoms with Crippen LogP contribution in [0.15, 0.2) is 158 Å². The first-order chi connectivity index (χ1) is 23.8. The molecule has 0 radical (unpaired) electrons. The molecule has 4 heterocycles. The minimum absolute atomic E-state index is 0.905. The van der Waals surface area contributed by atoms with Crippen molar-refractivity contribution in [2.24, 2.45) is 0 Å². The van der Waals surface area contributed by atoms with E-state index in [1.165, 1.54) is 65.7 Å². The van der Waals surface area contributed by atoms with Crippen LogP contribution in [0.4, 0.5) is 0 Å². The number of hydrogen-bond donors (Lipinski definition) is 0. The fourth-order valence-electron chi connectivity index (χ4n) is 8.03. The van der Waals surface area contributed by atoms with E-state index in [4.69, 9.17) is 9.97 Å². The molecule has 48 heavy (non-hydrogen) atoms. The van der Waals surface area contributed by atoms with Gasteiger partial charge in [0, 0.05) is 44.4 Å². The van der Waals surface area contributed by atoms with Crippen LogP contribution in [-0.2, 0) is 0 Å². The van der Waals surface area contributed by atoms with Gasteiger partial charge in [0.25, 0.3) is 0 Å². The summed E-state index contributed by atoms with van der Waals surface area (Å²) in [6.07, 6.45) is 1.86. The van der Waals surface area contributed by atoms with E-state index in [1.807, 2.05) is 12.3 Å². The third-order valence-electron chi connectivity index (χ3n) is 10.1. The minimum atomic E-state index is 0.905. The standard InChI is InChI=1S/C44H26N4/c1-2-11-30(12-3-1)47-37-17-6-4-13-31(37)35-24-27(19-21-39(35)47)28-20-22-40-36(25-28)32-14-5-7-18-38(32)48(40)41-26-29-10-8-15-33-34-16-9-23-45-43(34)44(46-41)42(29)33/h1-26H. The highest BCUT2D eigenvalue weighted by atomic mass is 15.1. The number of nitrogens with zero attached hydrogens (tertiary/aromatic N) is 4. The third-order valence-corrected chi connectivity index (χ3v) is 10.1. The third kappa shape index (κ3) is 3.43. The van der Waals surface area contributed by atoms with E-state index in [-0.39, 0.29) is 0 Å². The van der Waals surface area contributed by atoms with Gasteiger partial charge >= 0.3 is 0 Å². The second-order valence-corrected chi connectivity index (χ2v) is 12.6. The van der Waals surface area contributed by atoms with E-state index in [1.54, 1.807) is 0 Å². The summed E-state index contributed by atoms with van der Waals surface area (Å²) in [5.74, 6) is 0.905. The molecule has 4 aromatic heterocycles. The summed E-state index contributed by atoms with van der Waals surface area (Å²) in [6, 6.07) is 54.6. The van der Waals surface area contributed by atoms with Crippen molar-refractivity contribution in [1.29, 1.82) is 0 Å². The lowest BCUT2D eigenvalue weighted by atomic mass is 10.0. The maximum Gasteiger partial charge on any atom is 0.139 e. The van der Waals surface area contributed by atoms with Crippen molar-refractivity contribution in [3.05, 3.63) is 158 Å². The van der Waals surface area contributed by atoms with Crippen LogP contribution < -0.4 is 0 Å². The summed E-state index contributed by atoms with van der Waals surface area (Å²) < 4.78 is 4.68. The normalized spacial score (nSPS) is 12.2.